The molecule has 3 rings (SSSR count). The quantitative estimate of drug-likeness (QED) is 0.714. The lowest BCUT2D eigenvalue weighted by molar-refractivity contribution is -0.135. The highest BCUT2D eigenvalue weighted by Gasteiger charge is 2.31. The minimum absolute atomic E-state index is 0.0400. The van der Waals surface area contributed by atoms with Crippen LogP contribution in [-0.4, -0.2) is 43.6 Å². The number of carbonyl (C=O) groups is 2. The number of hydrogen-bond donors (Lipinski definition) is 2. The van der Waals surface area contributed by atoms with Crippen LogP contribution in [-0.2, 0) is 24.3 Å². The van der Waals surface area contributed by atoms with E-state index < -0.39 is 6.04 Å². The van der Waals surface area contributed by atoms with Gasteiger partial charge in [0.25, 0.3) is 0 Å². The Morgan fingerprint density at radius 1 is 1.03 bits per heavy atom. The zero-order valence-electron chi connectivity index (χ0n) is 18.6. The first-order valence-electron chi connectivity index (χ1n) is 10.5. The van der Waals surface area contributed by atoms with Crippen molar-refractivity contribution in [2.75, 3.05) is 20.8 Å². The van der Waals surface area contributed by atoms with Gasteiger partial charge in [0.15, 0.2) is 11.5 Å². The summed E-state index contributed by atoms with van der Waals surface area (Å²) in [5.74, 6) is 1.22. The first-order chi connectivity index (χ1) is 14.9. The zero-order chi connectivity index (χ0) is 22.4. The molecule has 0 spiro atoms. The average Bonchev–Trinajstić information content (AvgIpc) is 2.79. The van der Waals surface area contributed by atoms with Gasteiger partial charge in [0, 0.05) is 19.6 Å². The first kappa shape index (κ1) is 22.5. The number of rotatable bonds is 7. The second-order valence-electron chi connectivity index (χ2n) is 8.02. The van der Waals surface area contributed by atoms with Crippen LogP contribution < -0.4 is 20.1 Å². The molecule has 0 fully saturated rings. The fourth-order valence-electron chi connectivity index (χ4n) is 3.75. The third kappa shape index (κ3) is 5.48. The van der Waals surface area contributed by atoms with Crippen molar-refractivity contribution in [3.63, 3.8) is 0 Å². The van der Waals surface area contributed by atoms with Crippen molar-refractivity contribution in [3.8, 4) is 11.5 Å². The molecule has 2 aromatic carbocycles. The molecule has 31 heavy (non-hydrogen) atoms. The molecule has 3 amide bonds. The standard InChI is InChI=1S/C24H31N3O4/c1-16(2)22(26-24(29)25-14-17-8-6-5-7-9-17)23(28)27-11-10-18-12-20(30-3)21(31-4)13-19(18)15-27/h5-9,12-13,16,22H,10-11,14-15H2,1-4H3,(H2,25,26,29). The molecular weight excluding hydrogens is 394 g/mol. The molecule has 166 valence electrons. The van der Waals surface area contributed by atoms with Crippen molar-refractivity contribution >= 4 is 11.9 Å². The molecule has 0 bridgehead atoms. The lowest BCUT2D eigenvalue weighted by Gasteiger charge is -2.33. The monoisotopic (exact) mass is 425 g/mol. The van der Waals surface area contributed by atoms with Gasteiger partial charge < -0.3 is 25.0 Å². The van der Waals surface area contributed by atoms with E-state index in [1.165, 1.54) is 0 Å². The topological polar surface area (TPSA) is 79.9 Å². The minimum atomic E-state index is -0.600. The largest absolute Gasteiger partial charge is 0.493 e. The second kappa shape index (κ2) is 10.2. The van der Waals surface area contributed by atoms with E-state index in [1.54, 1.807) is 19.1 Å². The Bertz CT molecular complexity index is 915. The van der Waals surface area contributed by atoms with Crippen LogP contribution in [0.4, 0.5) is 4.79 Å². The maximum atomic E-state index is 13.3. The lowest BCUT2D eigenvalue weighted by Crippen LogP contribution is -2.54. The van der Waals surface area contributed by atoms with Crippen LogP contribution in [0.3, 0.4) is 0 Å². The van der Waals surface area contributed by atoms with E-state index in [1.807, 2.05) is 56.3 Å². The molecule has 2 aromatic rings. The number of nitrogens with zero attached hydrogens (tertiary/aromatic N) is 1. The number of hydrogen-bond acceptors (Lipinski definition) is 4. The molecule has 1 heterocycles. The number of carbonyl (C=O) groups excluding carboxylic acids is 2. The smallest absolute Gasteiger partial charge is 0.315 e. The average molecular weight is 426 g/mol. The Hall–Kier alpha value is -3.22. The molecule has 0 aromatic heterocycles. The van der Waals surface area contributed by atoms with E-state index in [9.17, 15) is 9.59 Å². The molecule has 7 heteroatoms. The van der Waals surface area contributed by atoms with E-state index in [0.29, 0.717) is 31.1 Å². The molecule has 1 aliphatic heterocycles. The summed E-state index contributed by atoms with van der Waals surface area (Å²) < 4.78 is 10.8. The summed E-state index contributed by atoms with van der Waals surface area (Å²) in [6.45, 7) is 5.35. The van der Waals surface area contributed by atoms with Gasteiger partial charge in [-0.1, -0.05) is 44.2 Å². The van der Waals surface area contributed by atoms with Crippen molar-refractivity contribution < 1.29 is 19.1 Å². The van der Waals surface area contributed by atoms with E-state index >= 15 is 0 Å². The second-order valence-corrected chi connectivity index (χ2v) is 8.02. The summed E-state index contributed by atoms with van der Waals surface area (Å²) in [6, 6.07) is 12.6. The number of methoxy groups -OCH3 is 2. The minimum Gasteiger partial charge on any atom is -0.493 e. The van der Waals surface area contributed by atoms with Gasteiger partial charge in [-0.2, -0.15) is 0 Å². The summed E-state index contributed by atoms with van der Waals surface area (Å²) >= 11 is 0. The summed E-state index contributed by atoms with van der Waals surface area (Å²) in [5.41, 5.74) is 3.19. The van der Waals surface area contributed by atoms with Gasteiger partial charge >= 0.3 is 6.03 Å². The van der Waals surface area contributed by atoms with Gasteiger partial charge in [0.05, 0.1) is 14.2 Å². The van der Waals surface area contributed by atoms with Crippen molar-refractivity contribution in [1.82, 2.24) is 15.5 Å². The van der Waals surface area contributed by atoms with Gasteiger partial charge in [0.2, 0.25) is 5.91 Å². The molecule has 0 saturated carbocycles. The molecule has 1 unspecified atom stereocenters. The van der Waals surface area contributed by atoms with Crippen molar-refractivity contribution in [2.45, 2.75) is 39.4 Å². The fraction of sp³-hybridized carbons (Fsp3) is 0.417. The van der Waals surface area contributed by atoms with Crippen molar-refractivity contribution in [1.29, 1.82) is 0 Å². The summed E-state index contributed by atoms with van der Waals surface area (Å²) in [7, 11) is 3.22. The summed E-state index contributed by atoms with van der Waals surface area (Å²) in [6.07, 6.45) is 0.729. The predicted octanol–water partition coefficient (Wildman–Crippen LogP) is 3.11. The van der Waals surface area contributed by atoms with E-state index in [0.717, 1.165) is 23.1 Å². The molecular formula is C24H31N3O4. The van der Waals surface area contributed by atoms with E-state index in [2.05, 4.69) is 10.6 Å². The van der Waals surface area contributed by atoms with Crippen LogP contribution >= 0.6 is 0 Å². The molecule has 0 aliphatic carbocycles. The van der Waals surface area contributed by atoms with Gasteiger partial charge in [-0.3, -0.25) is 4.79 Å². The number of nitrogens with one attached hydrogen (secondary N) is 2. The highest BCUT2D eigenvalue weighted by molar-refractivity contribution is 5.87. The van der Waals surface area contributed by atoms with Gasteiger partial charge in [-0.25, -0.2) is 4.79 Å². The Balaban J connectivity index is 1.65. The third-order valence-corrected chi connectivity index (χ3v) is 5.54. The first-order valence-corrected chi connectivity index (χ1v) is 10.5. The Morgan fingerprint density at radius 3 is 2.29 bits per heavy atom. The molecule has 1 atom stereocenters. The molecule has 7 nitrogen and oxygen atoms in total. The van der Waals surface area contributed by atoms with Crippen LogP contribution in [0.25, 0.3) is 0 Å². The Kier molecular flexibility index (Phi) is 7.39. The zero-order valence-corrected chi connectivity index (χ0v) is 18.6. The molecule has 2 N–H and O–H groups in total. The van der Waals surface area contributed by atoms with Crippen molar-refractivity contribution in [2.24, 2.45) is 5.92 Å². The normalized spacial score (nSPS) is 13.9. The molecule has 1 aliphatic rings. The maximum absolute atomic E-state index is 13.3. The van der Waals surface area contributed by atoms with Crippen LogP contribution in [0, 0.1) is 5.92 Å². The SMILES string of the molecule is COc1cc2c(cc1OC)CN(C(=O)C(NC(=O)NCc1ccccc1)C(C)C)CC2. The van der Waals surface area contributed by atoms with Crippen LogP contribution in [0.1, 0.15) is 30.5 Å². The van der Waals surface area contributed by atoms with Crippen LogP contribution in [0.5, 0.6) is 11.5 Å². The van der Waals surface area contributed by atoms with Gasteiger partial charge in [0.1, 0.15) is 6.04 Å². The number of fused-ring (bicyclic) bond motifs is 1. The van der Waals surface area contributed by atoms with E-state index in [-0.39, 0.29) is 17.9 Å². The number of amides is 3. The number of urea groups is 1. The van der Waals surface area contributed by atoms with Gasteiger partial charge in [-0.05, 0) is 41.2 Å². The van der Waals surface area contributed by atoms with Crippen LogP contribution in [0.2, 0.25) is 0 Å². The Labute approximate surface area is 183 Å². The maximum Gasteiger partial charge on any atom is 0.315 e. The lowest BCUT2D eigenvalue weighted by atomic mass is 9.96. The number of ether oxygens (including phenoxy) is 2. The molecule has 0 radical (unpaired) electrons. The number of benzene rings is 2. The fourth-order valence-corrected chi connectivity index (χ4v) is 3.75. The highest BCUT2D eigenvalue weighted by Crippen LogP contribution is 2.33. The van der Waals surface area contributed by atoms with E-state index in [4.69, 9.17) is 9.47 Å². The Morgan fingerprint density at radius 2 is 1.68 bits per heavy atom. The van der Waals surface area contributed by atoms with Crippen LogP contribution in [0.15, 0.2) is 42.5 Å². The molecule has 0 saturated heterocycles. The highest BCUT2D eigenvalue weighted by atomic mass is 16.5. The third-order valence-electron chi connectivity index (χ3n) is 5.54. The van der Waals surface area contributed by atoms with Gasteiger partial charge in [-0.15, -0.1) is 0 Å². The summed E-state index contributed by atoms with van der Waals surface area (Å²) in [4.78, 5) is 27.5. The predicted molar refractivity (Wildman–Crippen MR) is 119 cm³/mol. The van der Waals surface area contributed by atoms with Crippen molar-refractivity contribution in [3.05, 3.63) is 59.2 Å². The summed E-state index contributed by atoms with van der Waals surface area (Å²) in [5, 5.41) is 5.70.